The Morgan fingerprint density at radius 2 is 0.826 bits per heavy atom. The number of rotatable bonds is 6. The Hall–Kier alpha value is -5.95. The highest BCUT2D eigenvalue weighted by molar-refractivity contribution is 7.19. The quantitative estimate of drug-likeness (QED) is 0.142. The molecule has 0 saturated carbocycles. The minimum Gasteiger partial charge on any atom is -0.308 e. The van der Waals surface area contributed by atoms with Crippen LogP contribution in [0.25, 0.3) is 38.6 Å². The minimum atomic E-state index is -2.60. The van der Waals surface area contributed by atoms with E-state index in [4.69, 9.17) is 0 Å². The molecule has 46 heavy (non-hydrogen) atoms. The molecule has 0 fully saturated rings. The summed E-state index contributed by atoms with van der Waals surface area (Å²) in [4.78, 5) is 0. The summed E-state index contributed by atoms with van der Waals surface area (Å²) in [6.07, 6.45) is 0. The fraction of sp³-hybridized carbons (Fsp3) is 0. The van der Waals surface area contributed by atoms with Crippen molar-refractivity contribution in [1.82, 2.24) is 4.57 Å². The number of nitriles is 1. The van der Waals surface area contributed by atoms with E-state index in [-0.39, 0.29) is 0 Å². The van der Waals surface area contributed by atoms with Crippen LogP contribution in [0.15, 0.2) is 182 Å². The summed E-state index contributed by atoms with van der Waals surface area (Å²) < 4.78 is 2.24. The van der Waals surface area contributed by atoms with Crippen LogP contribution >= 0.6 is 0 Å². The first-order chi connectivity index (χ1) is 22.8. The molecular weight excluding hydrogens is 573 g/mol. The Labute approximate surface area is 270 Å². The highest BCUT2D eigenvalue weighted by Crippen LogP contribution is 2.34. The minimum absolute atomic E-state index is 0.649. The Morgan fingerprint density at radius 3 is 1.30 bits per heavy atom. The first-order valence-corrected chi connectivity index (χ1v) is 17.6. The number of fused-ring (bicyclic) bond motifs is 3. The summed E-state index contributed by atoms with van der Waals surface area (Å²) in [5.74, 6) is 0. The molecule has 0 amide bonds. The average Bonchev–Trinajstić information content (AvgIpc) is 3.48. The summed E-state index contributed by atoms with van der Waals surface area (Å²) in [5.41, 5.74) is 5.92. The fourth-order valence-electron chi connectivity index (χ4n) is 7.15. The summed E-state index contributed by atoms with van der Waals surface area (Å²) in [6, 6.07) is 67.7. The van der Waals surface area contributed by atoms with Crippen LogP contribution < -0.4 is 20.7 Å². The Bertz CT molecular complexity index is 2200. The van der Waals surface area contributed by atoms with Gasteiger partial charge >= 0.3 is 0 Å². The number of hydrogen-bond acceptors (Lipinski definition) is 1. The van der Waals surface area contributed by atoms with Crippen LogP contribution in [0, 0.1) is 11.3 Å². The molecule has 0 spiro atoms. The van der Waals surface area contributed by atoms with Gasteiger partial charge in [-0.05, 0) is 56.1 Å². The highest BCUT2D eigenvalue weighted by atomic mass is 28.3. The van der Waals surface area contributed by atoms with Gasteiger partial charge in [-0.25, -0.2) is 0 Å². The lowest BCUT2D eigenvalue weighted by atomic mass is 10.0. The summed E-state index contributed by atoms with van der Waals surface area (Å²) in [5, 5.41) is 18.0. The van der Waals surface area contributed by atoms with Crippen LogP contribution in [-0.2, 0) is 0 Å². The monoisotopic (exact) mass is 602 g/mol. The number of para-hydroxylation sites is 2. The van der Waals surface area contributed by atoms with Crippen LogP contribution in [0.3, 0.4) is 0 Å². The standard InChI is InChI=1S/C43H30N2Si/c44-31-34-25-24-33(30-43(34)45-41-22-12-10-20-39(41)40-21-11-13-23-42(40)45)32-26-28-38(29-27-32)46(35-14-4-1-5-15-35,36-16-6-2-7-17-36)37-18-8-3-9-19-37/h1-30H. The van der Waals surface area contributed by atoms with Gasteiger partial charge in [-0.1, -0.05) is 158 Å². The Balaban J connectivity index is 1.31. The van der Waals surface area contributed by atoms with E-state index in [0.29, 0.717) is 5.56 Å². The second kappa shape index (κ2) is 11.5. The van der Waals surface area contributed by atoms with Crippen molar-refractivity contribution in [3.63, 3.8) is 0 Å². The van der Waals surface area contributed by atoms with Crippen molar-refractivity contribution in [3.05, 3.63) is 188 Å². The zero-order chi connectivity index (χ0) is 30.9. The third kappa shape index (κ3) is 4.39. The van der Waals surface area contributed by atoms with Crippen LogP contribution in [0.5, 0.6) is 0 Å². The third-order valence-corrected chi connectivity index (χ3v) is 14.0. The van der Waals surface area contributed by atoms with Crippen LogP contribution in [0.2, 0.25) is 0 Å². The molecule has 1 aromatic heterocycles. The van der Waals surface area contributed by atoms with E-state index in [1.54, 1.807) is 0 Å². The van der Waals surface area contributed by atoms with Gasteiger partial charge in [-0.15, -0.1) is 0 Å². The maximum Gasteiger partial charge on any atom is 0.179 e. The molecule has 0 aliphatic heterocycles. The maximum atomic E-state index is 10.2. The Kier molecular flexibility index (Phi) is 6.91. The molecule has 0 unspecified atom stereocenters. The van der Waals surface area contributed by atoms with Crippen molar-refractivity contribution in [3.8, 4) is 22.9 Å². The molecule has 0 aliphatic rings. The first-order valence-electron chi connectivity index (χ1n) is 15.6. The van der Waals surface area contributed by atoms with Gasteiger partial charge in [0.1, 0.15) is 6.07 Å². The maximum absolute atomic E-state index is 10.2. The molecule has 0 atom stereocenters. The van der Waals surface area contributed by atoms with Gasteiger partial charge < -0.3 is 4.57 Å². The van der Waals surface area contributed by atoms with E-state index in [2.05, 4.69) is 187 Å². The molecular formula is C43H30N2Si. The lowest BCUT2D eigenvalue weighted by Gasteiger charge is -2.34. The van der Waals surface area contributed by atoms with Crippen molar-refractivity contribution >= 4 is 50.6 Å². The van der Waals surface area contributed by atoms with Crippen molar-refractivity contribution in [2.45, 2.75) is 0 Å². The largest absolute Gasteiger partial charge is 0.308 e. The third-order valence-electron chi connectivity index (χ3n) is 9.21. The normalized spacial score (nSPS) is 11.5. The average molecular weight is 603 g/mol. The molecule has 0 saturated heterocycles. The van der Waals surface area contributed by atoms with Gasteiger partial charge in [0, 0.05) is 10.8 Å². The van der Waals surface area contributed by atoms with Gasteiger partial charge in [0.2, 0.25) is 0 Å². The predicted octanol–water partition coefficient (Wildman–Crippen LogP) is 7.70. The second-order valence-corrected chi connectivity index (χ2v) is 15.4. The zero-order valence-electron chi connectivity index (χ0n) is 25.2. The lowest BCUT2D eigenvalue weighted by Crippen LogP contribution is -2.74. The van der Waals surface area contributed by atoms with E-state index in [0.717, 1.165) is 27.8 Å². The molecule has 2 nitrogen and oxygen atoms in total. The van der Waals surface area contributed by atoms with Gasteiger partial charge in [0.05, 0.1) is 22.3 Å². The van der Waals surface area contributed by atoms with Gasteiger partial charge in [-0.2, -0.15) is 5.26 Å². The SMILES string of the molecule is N#Cc1ccc(-c2ccc([Si](c3ccccc3)(c3ccccc3)c3ccccc3)cc2)cc1-n1c2ccccc2c2ccccc21. The van der Waals surface area contributed by atoms with E-state index >= 15 is 0 Å². The van der Waals surface area contributed by atoms with Crippen molar-refractivity contribution < 1.29 is 0 Å². The predicted molar refractivity (Wildman–Crippen MR) is 195 cm³/mol. The molecule has 216 valence electrons. The molecule has 0 radical (unpaired) electrons. The first kappa shape index (κ1) is 27.6. The van der Waals surface area contributed by atoms with E-state index < -0.39 is 8.07 Å². The van der Waals surface area contributed by atoms with E-state index in [1.807, 2.05) is 6.07 Å². The molecule has 3 heteroatoms. The number of aromatic nitrogens is 1. The molecule has 7 aromatic carbocycles. The number of nitrogens with zero attached hydrogens (tertiary/aromatic N) is 2. The molecule has 8 aromatic rings. The molecule has 1 heterocycles. The summed E-state index contributed by atoms with van der Waals surface area (Å²) in [6.45, 7) is 0. The number of benzene rings is 7. The number of hydrogen-bond donors (Lipinski definition) is 0. The van der Waals surface area contributed by atoms with E-state index in [9.17, 15) is 5.26 Å². The molecule has 0 aliphatic carbocycles. The van der Waals surface area contributed by atoms with E-state index in [1.165, 1.54) is 31.5 Å². The lowest BCUT2D eigenvalue weighted by molar-refractivity contribution is 1.17. The highest BCUT2D eigenvalue weighted by Gasteiger charge is 2.41. The van der Waals surface area contributed by atoms with Crippen LogP contribution in [-0.4, -0.2) is 12.6 Å². The van der Waals surface area contributed by atoms with Crippen LogP contribution in [0.4, 0.5) is 0 Å². The Morgan fingerprint density at radius 1 is 0.413 bits per heavy atom. The second-order valence-electron chi connectivity index (χ2n) is 11.6. The smallest absolute Gasteiger partial charge is 0.179 e. The van der Waals surface area contributed by atoms with Gasteiger partial charge in [0.25, 0.3) is 0 Å². The zero-order valence-corrected chi connectivity index (χ0v) is 26.2. The van der Waals surface area contributed by atoms with Crippen LogP contribution in [0.1, 0.15) is 5.56 Å². The summed E-state index contributed by atoms with van der Waals surface area (Å²) >= 11 is 0. The topological polar surface area (TPSA) is 28.7 Å². The van der Waals surface area contributed by atoms with Crippen molar-refractivity contribution in [1.29, 1.82) is 5.26 Å². The molecule has 0 bridgehead atoms. The fourth-order valence-corrected chi connectivity index (χ4v) is 11.9. The summed E-state index contributed by atoms with van der Waals surface area (Å²) in [7, 11) is -2.60. The van der Waals surface area contributed by atoms with Crippen molar-refractivity contribution in [2.24, 2.45) is 0 Å². The van der Waals surface area contributed by atoms with Gasteiger partial charge in [-0.3, -0.25) is 0 Å². The molecule has 0 N–H and O–H groups in total. The van der Waals surface area contributed by atoms with Crippen molar-refractivity contribution in [2.75, 3.05) is 0 Å². The van der Waals surface area contributed by atoms with Gasteiger partial charge in [0.15, 0.2) is 8.07 Å². The molecule has 8 rings (SSSR count).